The van der Waals surface area contributed by atoms with Crippen molar-refractivity contribution in [2.45, 2.75) is 19.6 Å². The Balaban J connectivity index is 1.70. The number of ether oxygens (including phenoxy) is 1. The van der Waals surface area contributed by atoms with Gasteiger partial charge in [-0.15, -0.1) is 0 Å². The standard InChI is InChI=1S/C19H21FN2O3/c1-13(24)21-9-17-10-22(12-25-17)16-6-7-18(19(20)8-16)15-4-2-14(11-23)3-5-15/h2-8,17,23H,9-12H2,1H3,(H,21,24)/t17-/m0/s1. The van der Waals surface area contributed by atoms with Crippen LogP contribution in [0.15, 0.2) is 42.5 Å². The van der Waals surface area contributed by atoms with Crippen LogP contribution in [-0.4, -0.2) is 36.9 Å². The summed E-state index contributed by atoms with van der Waals surface area (Å²) < 4.78 is 20.2. The molecule has 5 nitrogen and oxygen atoms in total. The van der Waals surface area contributed by atoms with Crippen molar-refractivity contribution in [2.24, 2.45) is 0 Å². The minimum atomic E-state index is -0.306. The fourth-order valence-corrected chi connectivity index (χ4v) is 2.83. The molecule has 2 N–H and O–H groups in total. The van der Waals surface area contributed by atoms with Gasteiger partial charge in [-0.25, -0.2) is 4.39 Å². The summed E-state index contributed by atoms with van der Waals surface area (Å²) in [5, 5.41) is 11.8. The molecule has 6 heteroatoms. The lowest BCUT2D eigenvalue weighted by Crippen LogP contribution is -2.33. The van der Waals surface area contributed by atoms with E-state index in [1.165, 1.54) is 13.0 Å². The fourth-order valence-electron chi connectivity index (χ4n) is 2.83. The quantitative estimate of drug-likeness (QED) is 0.874. The molecule has 132 valence electrons. The van der Waals surface area contributed by atoms with Crippen LogP contribution in [0.3, 0.4) is 0 Å². The van der Waals surface area contributed by atoms with Crippen molar-refractivity contribution in [3.05, 3.63) is 53.8 Å². The van der Waals surface area contributed by atoms with Gasteiger partial charge in [-0.3, -0.25) is 4.79 Å². The Morgan fingerprint density at radius 1 is 1.32 bits per heavy atom. The van der Waals surface area contributed by atoms with Crippen molar-refractivity contribution in [3.8, 4) is 11.1 Å². The fraction of sp³-hybridized carbons (Fsp3) is 0.316. The third-order valence-electron chi connectivity index (χ3n) is 4.23. The second kappa shape index (κ2) is 7.63. The molecule has 1 saturated heterocycles. The number of anilines is 1. The van der Waals surface area contributed by atoms with Crippen LogP contribution in [0.25, 0.3) is 11.1 Å². The van der Waals surface area contributed by atoms with Crippen LogP contribution in [0, 0.1) is 5.82 Å². The summed E-state index contributed by atoms with van der Waals surface area (Å²) in [6.07, 6.45) is -0.0994. The summed E-state index contributed by atoms with van der Waals surface area (Å²) in [6, 6.07) is 12.3. The van der Waals surface area contributed by atoms with Crippen molar-refractivity contribution in [1.29, 1.82) is 0 Å². The molecule has 0 aliphatic carbocycles. The van der Waals surface area contributed by atoms with Crippen LogP contribution >= 0.6 is 0 Å². The molecule has 0 aromatic heterocycles. The lowest BCUT2D eigenvalue weighted by atomic mass is 10.0. The first-order chi connectivity index (χ1) is 12.1. The van der Waals surface area contributed by atoms with Crippen molar-refractivity contribution in [2.75, 3.05) is 24.7 Å². The van der Waals surface area contributed by atoms with Crippen molar-refractivity contribution >= 4 is 11.6 Å². The largest absolute Gasteiger partial charge is 0.392 e. The first-order valence-electron chi connectivity index (χ1n) is 8.17. The van der Waals surface area contributed by atoms with Gasteiger partial charge in [0.25, 0.3) is 0 Å². The number of benzene rings is 2. The highest BCUT2D eigenvalue weighted by Crippen LogP contribution is 2.28. The Kier molecular flexibility index (Phi) is 5.31. The highest BCUT2D eigenvalue weighted by atomic mass is 19.1. The van der Waals surface area contributed by atoms with Crippen molar-refractivity contribution < 1.29 is 19.0 Å². The molecule has 1 fully saturated rings. The van der Waals surface area contributed by atoms with Gasteiger partial charge in [-0.2, -0.15) is 0 Å². The van der Waals surface area contributed by atoms with E-state index in [-0.39, 0.29) is 24.4 Å². The third kappa shape index (κ3) is 4.15. The van der Waals surface area contributed by atoms with E-state index in [1.54, 1.807) is 30.3 Å². The number of nitrogens with one attached hydrogen (secondary N) is 1. The molecular formula is C19H21FN2O3. The van der Waals surface area contributed by atoms with Gasteiger partial charge >= 0.3 is 0 Å². The predicted molar refractivity (Wildman–Crippen MR) is 93.5 cm³/mol. The number of nitrogens with zero attached hydrogens (tertiary/aromatic N) is 1. The van der Waals surface area contributed by atoms with Crippen LogP contribution in [0.5, 0.6) is 0 Å². The number of aliphatic hydroxyl groups excluding tert-OH is 1. The molecule has 0 spiro atoms. The van der Waals surface area contributed by atoms with E-state index in [2.05, 4.69) is 5.32 Å². The lowest BCUT2D eigenvalue weighted by Gasteiger charge is -2.17. The van der Waals surface area contributed by atoms with E-state index in [9.17, 15) is 9.18 Å². The van der Waals surface area contributed by atoms with Gasteiger partial charge in [0.2, 0.25) is 5.91 Å². The zero-order chi connectivity index (χ0) is 17.8. The van der Waals surface area contributed by atoms with Gasteiger partial charge < -0.3 is 20.1 Å². The normalized spacial score (nSPS) is 16.9. The molecule has 3 rings (SSSR count). The van der Waals surface area contributed by atoms with Crippen LogP contribution in [0.2, 0.25) is 0 Å². The SMILES string of the molecule is CC(=O)NC[C@H]1CN(c2ccc(-c3ccc(CO)cc3)c(F)c2)CO1. The number of rotatable bonds is 5. The molecule has 2 aromatic rings. The predicted octanol–water partition coefficient (Wildman–Crippen LogP) is 2.28. The summed E-state index contributed by atoms with van der Waals surface area (Å²) in [5.74, 6) is -0.399. The molecule has 0 radical (unpaired) electrons. The Morgan fingerprint density at radius 2 is 2.08 bits per heavy atom. The lowest BCUT2D eigenvalue weighted by molar-refractivity contribution is -0.119. The van der Waals surface area contributed by atoms with E-state index in [1.807, 2.05) is 11.0 Å². The second-order valence-corrected chi connectivity index (χ2v) is 6.10. The van der Waals surface area contributed by atoms with Gasteiger partial charge in [0.1, 0.15) is 12.5 Å². The molecule has 1 atom stereocenters. The molecular weight excluding hydrogens is 323 g/mol. The highest BCUT2D eigenvalue weighted by Gasteiger charge is 2.24. The number of carbonyl (C=O) groups is 1. The van der Waals surface area contributed by atoms with Gasteiger partial charge in [0.15, 0.2) is 0 Å². The number of hydrogen-bond acceptors (Lipinski definition) is 4. The van der Waals surface area contributed by atoms with Gasteiger partial charge in [-0.05, 0) is 29.3 Å². The second-order valence-electron chi connectivity index (χ2n) is 6.10. The van der Waals surface area contributed by atoms with E-state index in [4.69, 9.17) is 9.84 Å². The summed E-state index contributed by atoms with van der Waals surface area (Å²) >= 11 is 0. The minimum absolute atomic E-state index is 0.0314. The number of aliphatic hydroxyl groups is 1. The third-order valence-corrected chi connectivity index (χ3v) is 4.23. The molecule has 25 heavy (non-hydrogen) atoms. The summed E-state index contributed by atoms with van der Waals surface area (Å²) in [6.45, 7) is 2.85. The average Bonchev–Trinajstić information content (AvgIpc) is 3.09. The first-order valence-corrected chi connectivity index (χ1v) is 8.17. The maximum Gasteiger partial charge on any atom is 0.216 e. The number of halogens is 1. The number of carbonyl (C=O) groups excluding carboxylic acids is 1. The van der Waals surface area contributed by atoms with Gasteiger partial charge in [0.05, 0.1) is 12.7 Å². The Hall–Kier alpha value is -2.44. The van der Waals surface area contributed by atoms with Crippen LogP contribution in [-0.2, 0) is 16.1 Å². The van der Waals surface area contributed by atoms with Crippen molar-refractivity contribution in [3.63, 3.8) is 0 Å². The number of amides is 1. The molecule has 0 bridgehead atoms. The minimum Gasteiger partial charge on any atom is -0.392 e. The summed E-state index contributed by atoms with van der Waals surface area (Å²) in [7, 11) is 0. The van der Waals surface area contributed by atoms with E-state index >= 15 is 0 Å². The van der Waals surface area contributed by atoms with E-state index in [0.29, 0.717) is 25.4 Å². The average molecular weight is 344 g/mol. The van der Waals surface area contributed by atoms with E-state index < -0.39 is 0 Å². The maximum absolute atomic E-state index is 14.5. The van der Waals surface area contributed by atoms with Gasteiger partial charge in [-0.1, -0.05) is 24.3 Å². The van der Waals surface area contributed by atoms with Gasteiger partial charge in [0, 0.05) is 31.3 Å². The zero-order valence-electron chi connectivity index (χ0n) is 14.0. The highest BCUT2D eigenvalue weighted by molar-refractivity contribution is 5.72. The molecule has 0 unspecified atom stereocenters. The summed E-state index contributed by atoms with van der Waals surface area (Å²) in [5.41, 5.74) is 2.82. The smallest absolute Gasteiger partial charge is 0.216 e. The Bertz CT molecular complexity index is 749. The molecule has 0 saturated carbocycles. The first kappa shape index (κ1) is 17.4. The molecule has 1 aliphatic rings. The zero-order valence-corrected chi connectivity index (χ0v) is 14.0. The molecule has 1 amide bonds. The topological polar surface area (TPSA) is 61.8 Å². The van der Waals surface area contributed by atoms with Crippen LogP contribution in [0.1, 0.15) is 12.5 Å². The molecule has 1 heterocycles. The Morgan fingerprint density at radius 3 is 2.72 bits per heavy atom. The molecule has 1 aliphatic heterocycles. The molecule has 2 aromatic carbocycles. The number of hydrogen-bond donors (Lipinski definition) is 2. The van der Waals surface area contributed by atoms with Crippen LogP contribution in [0.4, 0.5) is 10.1 Å². The Labute approximate surface area is 146 Å². The van der Waals surface area contributed by atoms with Crippen molar-refractivity contribution in [1.82, 2.24) is 5.32 Å². The summed E-state index contributed by atoms with van der Waals surface area (Å²) in [4.78, 5) is 12.9. The van der Waals surface area contributed by atoms with E-state index in [0.717, 1.165) is 16.8 Å². The maximum atomic E-state index is 14.5. The monoisotopic (exact) mass is 344 g/mol. The van der Waals surface area contributed by atoms with Crippen LogP contribution < -0.4 is 10.2 Å².